The summed E-state index contributed by atoms with van der Waals surface area (Å²) < 4.78 is 5.05. The predicted molar refractivity (Wildman–Crippen MR) is 72.9 cm³/mol. The smallest absolute Gasteiger partial charge is 0.316 e. The molecule has 1 aliphatic rings. The van der Waals surface area contributed by atoms with Crippen LogP contribution in [0.15, 0.2) is 6.07 Å². The highest BCUT2D eigenvalue weighted by Crippen LogP contribution is 2.57. The van der Waals surface area contributed by atoms with Crippen LogP contribution in [0.25, 0.3) is 0 Å². The van der Waals surface area contributed by atoms with Gasteiger partial charge < -0.3 is 4.74 Å². The summed E-state index contributed by atoms with van der Waals surface area (Å²) in [6, 6.07) is 2.20. The first-order chi connectivity index (χ1) is 8.36. The molecule has 2 unspecified atom stereocenters. The molecule has 2 nitrogen and oxygen atoms in total. The van der Waals surface area contributed by atoms with E-state index in [9.17, 15) is 4.79 Å². The van der Waals surface area contributed by atoms with Crippen molar-refractivity contribution in [3.05, 3.63) is 33.9 Å². The fraction of sp³-hybridized carbons (Fsp3) is 0.562. The molecule has 2 rings (SSSR count). The van der Waals surface area contributed by atoms with Crippen molar-refractivity contribution in [2.45, 2.75) is 46.5 Å². The highest BCUT2D eigenvalue weighted by atomic mass is 16.5. The molecule has 1 aromatic rings. The summed E-state index contributed by atoms with van der Waals surface area (Å²) in [4.78, 5) is 12.2. The van der Waals surface area contributed by atoms with Crippen LogP contribution in [-0.2, 0) is 14.9 Å². The zero-order chi connectivity index (χ0) is 13.7. The van der Waals surface area contributed by atoms with E-state index in [0.29, 0.717) is 5.92 Å². The number of hydrogen-bond donors (Lipinski definition) is 0. The van der Waals surface area contributed by atoms with Gasteiger partial charge in [-0.2, -0.15) is 0 Å². The minimum absolute atomic E-state index is 0.0776. The van der Waals surface area contributed by atoms with Gasteiger partial charge in [0.25, 0.3) is 0 Å². The second-order valence-corrected chi connectivity index (χ2v) is 5.70. The third kappa shape index (κ3) is 1.58. The van der Waals surface area contributed by atoms with E-state index in [0.717, 1.165) is 6.42 Å². The third-order valence-corrected chi connectivity index (χ3v) is 4.67. The molecule has 0 amide bonds. The zero-order valence-corrected chi connectivity index (χ0v) is 12.2. The van der Waals surface area contributed by atoms with Crippen LogP contribution in [-0.4, -0.2) is 13.1 Å². The first kappa shape index (κ1) is 13.1. The maximum absolute atomic E-state index is 12.2. The summed E-state index contributed by atoms with van der Waals surface area (Å²) in [6.07, 6.45) is 0.907. The third-order valence-electron chi connectivity index (χ3n) is 4.67. The fourth-order valence-electron chi connectivity index (χ4n) is 3.23. The maximum atomic E-state index is 12.2. The fourth-order valence-corrected chi connectivity index (χ4v) is 3.23. The van der Waals surface area contributed by atoms with Gasteiger partial charge in [0.2, 0.25) is 0 Å². The molecule has 0 saturated heterocycles. The highest BCUT2D eigenvalue weighted by molar-refractivity contribution is 5.88. The van der Waals surface area contributed by atoms with Crippen molar-refractivity contribution in [2.75, 3.05) is 7.11 Å². The second-order valence-electron chi connectivity index (χ2n) is 5.70. The second kappa shape index (κ2) is 4.11. The quantitative estimate of drug-likeness (QED) is 0.748. The van der Waals surface area contributed by atoms with Gasteiger partial charge in [-0.15, -0.1) is 0 Å². The molecule has 2 atom stereocenters. The summed E-state index contributed by atoms with van der Waals surface area (Å²) in [5.74, 6) is 0.301. The van der Waals surface area contributed by atoms with Gasteiger partial charge in [0.1, 0.15) is 0 Å². The average Bonchev–Trinajstić information content (AvgIpc) is 2.99. The molecule has 1 saturated carbocycles. The van der Waals surface area contributed by atoms with Crippen molar-refractivity contribution in [3.8, 4) is 0 Å². The van der Waals surface area contributed by atoms with E-state index < -0.39 is 0 Å². The molecule has 0 aromatic heterocycles. The summed E-state index contributed by atoms with van der Waals surface area (Å²) >= 11 is 0. The molecule has 2 heteroatoms. The van der Waals surface area contributed by atoms with Crippen molar-refractivity contribution in [2.24, 2.45) is 5.92 Å². The summed E-state index contributed by atoms with van der Waals surface area (Å²) in [7, 11) is 1.49. The number of hydrogen-bond acceptors (Lipinski definition) is 2. The van der Waals surface area contributed by atoms with Crippen LogP contribution in [0.4, 0.5) is 0 Å². The van der Waals surface area contributed by atoms with E-state index in [1.54, 1.807) is 0 Å². The molecule has 1 fully saturated rings. The molecule has 1 aromatic carbocycles. The Bertz CT molecular complexity index is 490. The minimum atomic E-state index is -0.389. The van der Waals surface area contributed by atoms with Crippen LogP contribution in [0.2, 0.25) is 0 Å². The normalized spacial score (nSPS) is 26.0. The Morgan fingerprint density at radius 2 is 1.67 bits per heavy atom. The number of aryl methyl sites for hydroxylation is 2. The van der Waals surface area contributed by atoms with Gasteiger partial charge in [-0.3, -0.25) is 4.79 Å². The van der Waals surface area contributed by atoms with Crippen LogP contribution in [0, 0.1) is 33.6 Å². The number of esters is 1. The first-order valence-electron chi connectivity index (χ1n) is 6.52. The molecule has 0 heterocycles. The van der Waals surface area contributed by atoms with Crippen molar-refractivity contribution < 1.29 is 9.53 Å². The van der Waals surface area contributed by atoms with Gasteiger partial charge >= 0.3 is 5.97 Å². The van der Waals surface area contributed by atoms with E-state index in [2.05, 4.69) is 40.7 Å². The molecule has 0 N–H and O–H groups in total. The molecule has 0 radical (unpaired) electrons. The lowest BCUT2D eigenvalue weighted by atomic mass is 9.82. The van der Waals surface area contributed by atoms with Crippen molar-refractivity contribution in [3.63, 3.8) is 0 Å². The Balaban J connectivity index is 2.68. The number of methoxy groups -OCH3 is 1. The zero-order valence-electron chi connectivity index (χ0n) is 12.2. The van der Waals surface area contributed by atoms with Crippen LogP contribution < -0.4 is 0 Å². The molecule has 0 aliphatic heterocycles. The van der Waals surface area contributed by atoms with Gasteiger partial charge in [0.05, 0.1) is 12.5 Å². The number of ether oxygens (including phenoxy) is 1. The Labute approximate surface area is 109 Å². The summed E-state index contributed by atoms with van der Waals surface area (Å²) in [5.41, 5.74) is 5.82. The lowest BCUT2D eigenvalue weighted by Crippen LogP contribution is -2.26. The van der Waals surface area contributed by atoms with Crippen molar-refractivity contribution in [1.82, 2.24) is 0 Å². The number of benzene rings is 1. The highest BCUT2D eigenvalue weighted by Gasteiger charge is 2.60. The molecular weight excluding hydrogens is 224 g/mol. The molecule has 1 aliphatic carbocycles. The van der Waals surface area contributed by atoms with Crippen LogP contribution in [0.5, 0.6) is 0 Å². The largest absolute Gasteiger partial charge is 0.468 e. The lowest BCUT2D eigenvalue weighted by Gasteiger charge is -2.22. The molecule has 18 heavy (non-hydrogen) atoms. The monoisotopic (exact) mass is 246 g/mol. The van der Waals surface area contributed by atoms with Gasteiger partial charge in [-0.05, 0) is 67.9 Å². The number of carbonyl (C=O) groups excluding carboxylic acids is 1. The van der Waals surface area contributed by atoms with Crippen molar-refractivity contribution in [1.29, 1.82) is 0 Å². The minimum Gasteiger partial charge on any atom is -0.468 e. The lowest BCUT2D eigenvalue weighted by molar-refractivity contribution is -0.144. The van der Waals surface area contributed by atoms with Crippen molar-refractivity contribution >= 4 is 5.97 Å². The van der Waals surface area contributed by atoms with E-state index in [-0.39, 0.29) is 11.4 Å². The van der Waals surface area contributed by atoms with E-state index in [4.69, 9.17) is 4.74 Å². The SMILES string of the molecule is COC(=O)C1(c2c(C)c(C)cc(C)c2C)CC1C. The Kier molecular flexibility index (Phi) is 3.00. The van der Waals surface area contributed by atoms with E-state index in [1.807, 2.05) is 0 Å². The summed E-state index contributed by atoms with van der Waals surface area (Å²) in [6.45, 7) is 10.6. The Hall–Kier alpha value is -1.31. The maximum Gasteiger partial charge on any atom is 0.316 e. The first-order valence-corrected chi connectivity index (χ1v) is 6.52. The standard InChI is InChI=1S/C16H22O2/c1-9-7-10(2)13(5)14(12(9)4)16(8-11(16)3)15(17)18-6/h7,11H,8H2,1-6H3. The molecular formula is C16H22O2. The summed E-state index contributed by atoms with van der Waals surface area (Å²) in [5, 5.41) is 0. The Morgan fingerprint density at radius 1 is 1.22 bits per heavy atom. The Morgan fingerprint density at radius 3 is 2.00 bits per heavy atom. The topological polar surface area (TPSA) is 26.3 Å². The molecule has 98 valence electrons. The molecule has 0 bridgehead atoms. The van der Waals surface area contributed by atoms with Gasteiger partial charge in [0.15, 0.2) is 0 Å². The van der Waals surface area contributed by atoms with Gasteiger partial charge in [-0.1, -0.05) is 13.0 Å². The average molecular weight is 246 g/mol. The number of rotatable bonds is 2. The number of carbonyl (C=O) groups is 1. The predicted octanol–water partition coefficient (Wildman–Crippen LogP) is 3.37. The van der Waals surface area contributed by atoms with Gasteiger partial charge in [-0.25, -0.2) is 0 Å². The van der Waals surface area contributed by atoms with Crippen LogP contribution in [0.1, 0.15) is 41.2 Å². The van der Waals surface area contributed by atoms with Crippen LogP contribution in [0.3, 0.4) is 0 Å². The van der Waals surface area contributed by atoms with E-state index in [1.165, 1.54) is 34.9 Å². The van der Waals surface area contributed by atoms with E-state index >= 15 is 0 Å². The van der Waals surface area contributed by atoms with Crippen LogP contribution >= 0.6 is 0 Å². The van der Waals surface area contributed by atoms with Gasteiger partial charge in [0, 0.05) is 0 Å². The molecule has 0 spiro atoms.